The van der Waals surface area contributed by atoms with Crippen LogP contribution in [0.15, 0.2) is 53.5 Å². The Hall–Kier alpha value is -3.04. The first-order chi connectivity index (χ1) is 12.2. The first-order valence-corrected chi connectivity index (χ1v) is 8.40. The number of amides is 1. The molecule has 0 spiro atoms. The van der Waals surface area contributed by atoms with Gasteiger partial charge < -0.3 is 14.0 Å². The highest BCUT2D eigenvalue weighted by molar-refractivity contribution is 7.16. The van der Waals surface area contributed by atoms with Gasteiger partial charge in [-0.1, -0.05) is 41.5 Å². The van der Waals surface area contributed by atoms with Crippen molar-refractivity contribution in [1.82, 2.24) is 4.57 Å². The summed E-state index contributed by atoms with van der Waals surface area (Å²) in [7, 11) is 1.60. The van der Waals surface area contributed by atoms with Gasteiger partial charge in [0.05, 0.1) is 18.4 Å². The van der Waals surface area contributed by atoms with Crippen molar-refractivity contribution in [2.75, 3.05) is 13.7 Å². The predicted octanol–water partition coefficient (Wildman–Crippen LogP) is 2.85. The number of benzene rings is 2. The van der Waals surface area contributed by atoms with Gasteiger partial charge in [0.2, 0.25) is 0 Å². The molecule has 1 heterocycles. The Labute approximate surface area is 149 Å². The minimum atomic E-state index is -0.375. The van der Waals surface area contributed by atoms with Gasteiger partial charge in [0.25, 0.3) is 5.91 Å². The molecule has 0 aliphatic carbocycles. The Bertz CT molecular complexity index is 997. The van der Waals surface area contributed by atoms with Crippen LogP contribution in [0.25, 0.3) is 10.2 Å². The molecule has 0 aliphatic heterocycles. The number of carbonyl (C=O) groups excluding carboxylic acids is 1. The highest BCUT2D eigenvalue weighted by Crippen LogP contribution is 2.27. The molecular weight excluding hydrogens is 336 g/mol. The third kappa shape index (κ3) is 3.73. The molecule has 6 heteroatoms. The molecule has 0 fully saturated rings. The number of ether oxygens (including phenoxy) is 2. The first-order valence-electron chi connectivity index (χ1n) is 7.58. The van der Waals surface area contributed by atoms with Gasteiger partial charge in [-0.2, -0.15) is 4.99 Å². The normalized spacial score (nSPS) is 11.3. The standard InChI is InChI=1S/C19H16N2O3S/c1-3-12-21-18-15(23-2)10-7-11-16(18)25-19(21)20-17(22)13-24-14-8-5-4-6-9-14/h1,4-11H,12-13H2,2H3. The van der Waals surface area contributed by atoms with Crippen molar-refractivity contribution in [2.45, 2.75) is 6.54 Å². The fraction of sp³-hybridized carbons (Fsp3) is 0.158. The third-order valence-corrected chi connectivity index (χ3v) is 4.50. The molecule has 2 aromatic carbocycles. The van der Waals surface area contributed by atoms with Crippen molar-refractivity contribution in [2.24, 2.45) is 4.99 Å². The number of methoxy groups -OCH3 is 1. The summed E-state index contributed by atoms with van der Waals surface area (Å²) < 4.78 is 13.6. The lowest BCUT2D eigenvalue weighted by Crippen LogP contribution is -2.19. The SMILES string of the molecule is C#CCn1c(=NC(=O)COc2ccccc2)sc2cccc(OC)c21. The summed E-state index contributed by atoms with van der Waals surface area (Å²) in [4.78, 5) is 16.9. The average molecular weight is 352 g/mol. The fourth-order valence-corrected chi connectivity index (χ4v) is 3.45. The van der Waals surface area contributed by atoms with E-state index in [-0.39, 0.29) is 12.5 Å². The number of hydrogen-bond donors (Lipinski definition) is 0. The molecule has 3 rings (SSSR count). The molecule has 5 nitrogen and oxygen atoms in total. The number of fused-ring (bicyclic) bond motifs is 1. The van der Waals surface area contributed by atoms with E-state index in [1.165, 1.54) is 11.3 Å². The van der Waals surface area contributed by atoms with E-state index in [2.05, 4.69) is 10.9 Å². The molecule has 0 unspecified atom stereocenters. The lowest BCUT2D eigenvalue weighted by atomic mass is 10.3. The molecular formula is C19H16N2O3S. The van der Waals surface area contributed by atoms with Crippen molar-refractivity contribution in [3.8, 4) is 23.8 Å². The minimum Gasteiger partial charge on any atom is -0.495 e. The molecule has 0 radical (unpaired) electrons. The zero-order valence-corrected chi connectivity index (χ0v) is 14.5. The Morgan fingerprint density at radius 2 is 2.04 bits per heavy atom. The van der Waals surface area contributed by atoms with Gasteiger partial charge in [-0.15, -0.1) is 6.42 Å². The molecule has 0 aliphatic rings. The van der Waals surface area contributed by atoms with Crippen LogP contribution in [0.1, 0.15) is 0 Å². The van der Waals surface area contributed by atoms with Crippen LogP contribution >= 0.6 is 11.3 Å². The maximum atomic E-state index is 12.2. The Kier molecular flexibility index (Phi) is 5.17. The van der Waals surface area contributed by atoms with Crippen LogP contribution in [0, 0.1) is 12.3 Å². The van der Waals surface area contributed by atoms with Crippen molar-refractivity contribution >= 4 is 27.5 Å². The number of carbonyl (C=O) groups is 1. The van der Waals surface area contributed by atoms with Gasteiger partial charge >= 0.3 is 0 Å². The average Bonchev–Trinajstić information content (AvgIpc) is 2.98. The van der Waals surface area contributed by atoms with Crippen LogP contribution in [0.5, 0.6) is 11.5 Å². The fourth-order valence-electron chi connectivity index (χ4n) is 2.39. The molecule has 3 aromatic rings. The molecule has 0 saturated carbocycles. The molecule has 25 heavy (non-hydrogen) atoms. The van der Waals surface area contributed by atoms with E-state index in [4.69, 9.17) is 15.9 Å². The Morgan fingerprint density at radius 1 is 1.24 bits per heavy atom. The number of terminal acetylenes is 1. The van der Waals surface area contributed by atoms with Crippen molar-refractivity contribution in [3.05, 3.63) is 53.3 Å². The quantitative estimate of drug-likeness (QED) is 0.664. The largest absolute Gasteiger partial charge is 0.495 e. The number of nitrogens with zero attached hydrogens (tertiary/aromatic N) is 2. The van der Waals surface area contributed by atoms with E-state index >= 15 is 0 Å². The second kappa shape index (κ2) is 7.69. The molecule has 0 N–H and O–H groups in total. The Balaban J connectivity index is 1.94. The predicted molar refractivity (Wildman–Crippen MR) is 97.7 cm³/mol. The topological polar surface area (TPSA) is 52.8 Å². The van der Waals surface area contributed by atoms with Crippen LogP contribution in [0.3, 0.4) is 0 Å². The van der Waals surface area contributed by atoms with Crippen LogP contribution in [-0.2, 0) is 11.3 Å². The lowest BCUT2D eigenvalue weighted by Gasteiger charge is -2.05. The Morgan fingerprint density at radius 3 is 2.76 bits per heavy atom. The summed E-state index contributed by atoms with van der Waals surface area (Å²) in [5, 5.41) is 0. The van der Waals surface area contributed by atoms with Crippen molar-refractivity contribution in [3.63, 3.8) is 0 Å². The molecule has 1 amide bonds. The van der Waals surface area contributed by atoms with Gasteiger partial charge in [0.1, 0.15) is 17.0 Å². The summed E-state index contributed by atoms with van der Waals surface area (Å²) in [5.41, 5.74) is 0.837. The zero-order valence-electron chi connectivity index (χ0n) is 13.6. The maximum Gasteiger partial charge on any atom is 0.286 e. The van der Waals surface area contributed by atoms with E-state index in [0.717, 1.165) is 10.2 Å². The number of thiazole rings is 1. The van der Waals surface area contributed by atoms with E-state index < -0.39 is 0 Å². The minimum absolute atomic E-state index is 0.133. The monoisotopic (exact) mass is 352 g/mol. The zero-order chi connectivity index (χ0) is 17.6. The number of para-hydroxylation sites is 2. The second-order valence-electron chi connectivity index (χ2n) is 5.09. The van der Waals surface area contributed by atoms with E-state index in [1.807, 2.05) is 36.4 Å². The third-order valence-electron chi connectivity index (χ3n) is 3.46. The van der Waals surface area contributed by atoms with Gasteiger partial charge in [-0.3, -0.25) is 4.79 Å². The van der Waals surface area contributed by atoms with Crippen molar-refractivity contribution in [1.29, 1.82) is 0 Å². The molecule has 0 atom stereocenters. The van der Waals surface area contributed by atoms with E-state index in [9.17, 15) is 4.79 Å². The summed E-state index contributed by atoms with van der Waals surface area (Å²) in [6, 6.07) is 14.8. The smallest absolute Gasteiger partial charge is 0.286 e. The van der Waals surface area contributed by atoms with Crippen LogP contribution in [0.2, 0.25) is 0 Å². The summed E-state index contributed by atoms with van der Waals surface area (Å²) in [5.74, 6) is 3.54. The lowest BCUT2D eigenvalue weighted by molar-refractivity contribution is -0.120. The van der Waals surface area contributed by atoms with E-state index in [1.54, 1.807) is 23.8 Å². The van der Waals surface area contributed by atoms with Gasteiger partial charge in [-0.05, 0) is 24.3 Å². The van der Waals surface area contributed by atoms with Gasteiger partial charge in [0, 0.05) is 0 Å². The summed E-state index contributed by atoms with van der Waals surface area (Å²) in [6.07, 6.45) is 5.48. The molecule has 0 bridgehead atoms. The summed E-state index contributed by atoms with van der Waals surface area (Å²) >= 11 is 1.39. The second-order valence-corrected chi connectivity index (χ2v) is 6.10. The highest BCUT2D eigenvalue weighted by atomic mass is 32.1. The van der Waals surface area contributed by atoms with Gasteiger partial charge in [0.15, 0.2) is 11.4 Å². The van der Waals surface area contributed by atoms with Crippen LogP contribution < -0.4 is 14.3 Å². The van der Waals surface area contributed by atoms with Gasteiger partial charge in [-0.25, -0.2) is 0 Å². The first kappa shape index (κ1) is 16.8. The summed E-state index contributed by atoms with van der Waals surface area (Å²) in [6.45, 7) is 0.164. The van der Waals surface area contributed by atoms with Crippen LogP contribution in [0.4, 0.5) is 0 Å². The number of rotatable bonds is 5. The molecule has 0 saturated heterocycles. The van der Waals surface area contributed by atoms with Crippen molar-refractivity contribution < 1.29 is 14.3 Å². The maximum absolute atomic E-state index is 12.2. The van der Waals surface area contributed by atoms with E-state index in [0.29, 0.717) is 22.8 Å². The number of aromatic nitrogens is 1. The van der Waals surface area contributed by atoms with Crippen LogP contribution in [-0.4, -0.2) is 24.2 Å². The molecule has 126 valence electrons. The highest BCUT2D eigenvalue weighted by Gasteiger charge is 2.11. The number of hydrogen-bond acceptors (Lipinski definition) is 4. The molecule has 1 aromatic heterocycles.